The van der Waals surface area contributed by atoms with Gasteiger partial charge in [-0.25, -0.2) is 0 Å². The maximum Gasteiger partial charge on any atom is 0.0591 e. The number of aryl methyl sites for hydroxylation is 1. The quantitative estimate of drug-likeness (QED) is 0.861. The minimum absolute atomic E-state index is 0.0220. The second-order valence-corrected chi connectivity index (χ2v) is 6.59. The van der Waals surface area contributed by atoms with Crippen LogP contribution in [0.1, 0.15) is 32.8 Å². The van der Waals surface area contributed by atoms with Crippen LogP contribution in [0.4, 0.5) is 0 Å². The Labute approximate surface area is 107 Å². The van der Waals surface area contributed by atoms with Crippen LogP contribution in [0.2, 0.25) is 0 Å². The zero-order valence-electron chi connectivity index (χ0n) is 10.7. The van der Waals surface area contributed by atoms with Crippen LogP contribution >= 0.6 is 11.3 Å². The summed E-state index contributed by atoms with van der Waals surface area (Å²) in [5.41, 5.74) is 1.35. The van der Waals surface area contributed by atoms with Gasteiger partial charge >= 0.3 is 0 Å². The van der Waals surface area contributed by atoms with E-state index in [1.807, 2.05) is 0 Å². The molecule has 0 aliphatic carbocycles. The van der Waals surface area contributed by atoms with Crippen LogP contribution in [0.5, 0.6) is 0 Å². The van der Waals surface area contributed by atoms with Crippen LogP contribution in [0, 0.1) is 5.41 Å². The molecule has 1 heterocycles. The molecule has 1 atom stereocenters. The molecule has 1 N–H and O–H groups in total. The minimum atomic E-state index is -0.235. The van der Waals surface area contributed by atoms with E-state index in [0.717, 1.165) is 12.8 Å². The van der Waals surface area contributed by atoms with Crippen molar-refractivity contribution >= 4 is 21.4 Å². The van der Waals surface area contributed by atoms with Crippen molar-refractivity contribution in [2.45, 2.75) is 39.7 Å². The smallest absolute Gasteiger partial charge is 0.0591 e. The summed E-state index contributed by atoms with van der Waals surface area (Å²) in [5.74, 6) is 0. The van der Waals surface area contributed by atoms with E-state index in [-0.39, 0.29) is 11.5 Å². The first-order valence-corrected chi connectivity index (χ1v) is 6.99. The lowest BCUT2D eigenvalue weighted by Crippen LogP contribution is -2.26. The molecule has 92 valence electrons. The monoisotopic (exact) mass is 248 g/mol. The molecule has 1 aromatic heterocycles. The summed E-state index contributed by atoms with van der Waals surface area (Å²) in [6.07, 6.45) is 1.56. The molecule has 1 nitrogen and oxygen atoms in total. The summed E-state index contributed by atoms with van der Waals surface area (Å²) in [5, 5.41) is 13.6. The van der Waals surface area contributed by atoms with Crippen molar-refractivity contribution in [2.75, 3.05) is 0 Å². The Morgan fingerprint density at radius 2 is 1.94 bits per heavy atom. The lowest BCUT2D eigenvalue weighted by Gasteiger charge is -2.25. The summed E-state index contributed by atoms with van der Waals surface area (Å²) < 4.78 is 1.34. The molecular formula is C15H20OS. The molecule has 2 heteroatoms. The first-order chi connectivity index (χ1) is 7.98. The number of aliphatic hydroxyl groups excluding tert-OH is 1. The van der Waals surface area contributed by atoms with Gasteiger partial charge in [-0.1, -0.05) is 39.0 Å². The van der Waals surface area contributed by atoms with Gasteiger partial charge in [0.2, 0.25) is 0 Å². The molecule has 0 spiro atoms. The highest BCUT2D eigenvalue weighted by Gasteiger charge is 2.21. The predicted octanol–water partition coefficient (Wildman–Crippen LogP) is 4.24. The van der Waals surface area contributed by atoms with Crippen molar-refractivity contribution in [3.8, 4) is 0 Å². The van der Waals surface area contributed by atoms with Crippen molar-refractivity contribution in [2.24, 2.45) is 5.41 Å². The molecule has 0 saturated carbocycles. The lowest BCUT2D eigenvalue weighted by atomic mass is 9.86. The van der Waals surface area contributed by atoms with Crippen molar-refractivity contribution in [1.29, 1.82) is 0 Å². The average molecular weight is 248 g/mol. The second-order valence-electron chi connectivity index (χ2n) is 5.68. The minimum Gasteiger partial charge on any atom is -0.393 e. The number of aliphatic hydroxyl groups is 1. The Balaban J connectivity index is 2.09. The van der Waals surface area contributed by atoms with Crippen molar-refractivity contribution in [3.63, 3.8) is 0 Å². The molecule has 0 aliphatic heterocycles. The average Bonchev–Trinajstić information content (AvgIpc) is 2.68. The predicted molar refractivity (Wildman–Crippen MR) is 75.6 cm³/mol. The van der Waals surface area contributed by atoms with Crippen molar-refractivity contribution in [1.82, 2.24) is 0 Å². The van der Waals surface area contributed by atoms with Crippen LogP contribution in [0.25, 0.3) is 10.1 Å². The summed E-state index contributed by atoms with van der Waals surface area (Å²) in [6, 6.07) is 8.49. The molecule has 1 aromatic carbocycles. The van der Waals surface area contributed by atoms with Gasteiger partial charge in [0.25, 0.3) is 0 Å². The Morgan fingerprint density at radius 3 is 2.65 bits per heavy atom. The second kappa shape index (κ2) is 4.79. The molecule has 17 heavy (non-hydrogen) atoms. The van der Waals surface area contributed by atoms with Gasteiger partial charge in [-0.15, -0.1) is 11.3 Å². The standard InChI is InChI=1S/C15H20OS/c1-15(2,3)14(16)9-8-11-10-17-13-7-5-4-6-12(11)13/h4-7,10,14,16H,8-9H2,1-3H3. The van der Waals surface area contributed by atoms with Crippen molar-refractivity contribution < 1.29 is 5.11 Å². The molecule has 0 aliphatic rings. The van der Waals surface area contributed by atoms with E-state index in [1.165, 1.54) is 15.6 Å². The fourth-order valence-corrected chi connectivity index (χ4v) is 2.95. The van der Waals surface area contributed by atoms with Crippen LogP contribution < -0.4 is 0 Å². The Morgan fingerprint density at radius 1 is 1.24 bits per heavy atom. The summed E-state index contributed by atoms with van der Waals surface area (Å²) in [7, 11) is 0. The lowest BCUT2D eigenvalue weighted by molar-refractivity contribution is 0.0561. The van der Waals surface area contributed by atoms with E-state index >= 15 is 0 Å². The molecular weight excluding hydrogens is 228 g/mol. The van der Waals surface area contributed by atoms with E-state index < -0.39 is 0 Å². The molecule has 2 aromatic rings. The van der Waals surface area contributed by atoms with Gasteiger partial charge in [0.15, 0.2) is 0 Å². The van der Waals surface area contributed by atoms with Gasteiger partial charge < -0.3 is 5.11 Å². The normalized spacial score (nSPS) is 14.1. The summed E-state index contributed by atoms with van der Waals surface area (Å²) in [6.45, 7) is 6.26. The van der Waals surface area contributed by atoms with Gasteiger partial charge in [0, 0.05) is 4.70 Å². The first kappa shape index (κ1) is 12.6. The first-order valence-electron chi connectivity index (χ1n) is 6.11. The SMILES string of the molecule is CC(C)(C)C(O)CCc1csc2ccccc12. The van der Waals surface area contributed by atoms with Gasteiger partial charge in [-0.05, 0) is 40.7 Å². The molecule has 0 saturated heterocycles. The molecule has 1 unspecified atom stereocenters. The van der Waals surface area contributed by atoms with Crippen LogP contribution in [-0.2, 0) is 6.42 Å². The Bertz CT molecular complexity index is 493. The highest BCUT2D eigenvalue weighted by atomic mass is 32.1. The third-order valence-electron chi connectivity index (χ3n) is 3.25. The third-order valence-corrected chi connectivity index (χ3v) is 4.26. The van der Waals surface area contributed by atoms with Crippen LogP contribution in [0.3, 0.4) is 0 Å². The maximum absolute atomic E-state index is 10.1. The molecule has 0 bridgehead atoms. The van der Waals surface area contributed by atoms with E-state index in [2.05, 4.69) is 50.4 Å². The number of hydrogen-bond donors (Lipinski definition) is 1. The number of rotatable bonds is 3. The number of hydrogen-bond acceptors (Lipinski definition) is 2. The molecule has 2 rings (SSSR count). The van der Waals surface area contributed by atoms with E-state index in [4.69, 9.17) is 0 Å². The fraction of sp³-hybridized carbons (Fsp3) is 0.467. The zero-order valence-corrected chi connectivity index (χ0v) is 11.6. The maximum atomic E-state index is 10.1. The molecule has 0 fully saturated rings. The summed E-state index contributed by atoms with van der Waals surface area (Å²) in [4.78, 5) is 0. The highest BCUT2D eigenvalue weighted by molar-refractivity contribution is 7.17. The van der Waals surface area contributed by atoms with Gasteiger partial charge in [0.1, 0.15) is 0 Å². The Hall–Kier alpha value is -0.860. The Kier molecular flexibility index (Phi) is 3.55. The van der Waals surface area contributed by atoms with Gasteiger partial charge in [0.05, 0.1) is 6.10 Å². The van der Waals surface area contributed by atoms with Gasteiger partial charge in [-0.3, -0.25) is 0 Å². The fourth-order valence-electron chi connectivity index (χ4n) is 1.95. The van der Waals surface area contributed by atoms with Crippen molar-refractivity contribution in [3.05, 3.63) is 35.2 Å². The summed E-state index contributed by atoms with van der Waals surface area (Å²) >= 11 is 1.79. The van der Waals surface area contributed by atoms with Gasteiger partial charge in [-0.2, -0.15) is 0 Å². The number of thiophene rings is 1. The molecule has 0 amide bonds. The van der Waals surface area contributed by atoms with E-state index in [9.17, 15) is 5.11 Å². The third kappa shape index (κ3) is 2.88. The van der Waals surface area contributed by atoms with Crippen LogP contribution in [0.15, 0.2) is 29.6 Å². The van der Waals surface area contributed by atoms with E-state index in [0.29, 0.717) is 0 Å². The number of benzene rings is 1. The molecule has 0 radical (unpaired) electrons. The zero-order chi connectivity index (χ0) is 12.5. The topological polar surface area (TPSA) is 20.2 Å². The largest absolute Gasteiger partial charge is 0.393 e. The van der Waals surface area contributed by atoms with E-state index in [1.54, 1.807) is 11.3 Å². The highest BCUT2D eigenvalue weighted by Crippen LogP contribution is 2.29. The number of fused-ring (bicyclic) bond motifs is 1. The van der Waals surface area contributed by atoms with Crippen LogP contribution in [-0.4, -0.2) is 11.2 Å².